The van der Waals surface area contributed by atoms with E-state index < -0.39 is 0 Å². The first-order valence-corrected chi connectivity index (χ1v) is 9.53. The molecule has 0 aliphatic carbocycles. The minimum atomic E-state index is -0.126. The number of benzene rings is 2. The van der Waals surface area contributed by atoms with Crippen molar-refractivity contribution in [2.45, 2.75) is 33.7 Å². The lowest BCUT2D eigenvalue weighted by molar-refractivity contribution is 0.209. The summed E-state index contributed by atoms with van der Waals surface area (Å²) in [5, 5.41) is 4.52. The minimum Gasteiger partial charge on any atom is -0.320 e. The van der Waals surface area contributed by atoms with E-state index in [2.05, 4.69) is 17.2 Å². The van der Waals surface area contributed by atoms with Gasteiger partial charge in [0.1, 0.15) is 5.15 Å². The predicted molar refractivity (Wildman–Crippen MR) is 112 cm³/mol. The van der Waals surface area contributed by atoms with Gasteiger partial charge in [-0.1, -0.05) is 54.9 Å². The fraction of sp³-hybridized carbons (Fsp3) is 0.273. The van der Waals surface area contributed by atoms with Crippen molar-refractivity contribution in [1.82, 2.24) is 9.88 Å². The van der Waals surface area contributed by atoms with Gasteiger partial charge < -0.3 is 10.2 Å². The van der Waals surface area contributed by atoms with Gasteiger partial charge in [0.15, 0.2) is 0 Å². The van der Waals surface area contributed by atoms with Crippen LogP contribution in [0.15, 0.2) is 48.5 Å². The summed E-state index contributed by atoms with van der Waals surface area (Å²) in [6, 6.07) is 15.7. The molecule has 5 heteroatoms. The van der Waals surface area contributed by atoms with Crippen LogP contribution in [0.25, 0.3) is 10.9 Å². The van der Waals surface area contributed by atoms with Gasteiger partial charge in [0.2, 0.25) is 0 Å². The summed E-state index contributed by atoms with van der Waals surface area (Å²) in [6.07, 6.45) is 0.860. The molecule has 1 heterocycles. The molecule has 0 unspecified atom stereocenters. The number of anilines is 1. The first-order chi connectivity index (χ1) is 13.0. The summed E-state index contributed by atoms with van der Waals surface area (Å²) in [5.74, 6) is 0. The van der Waals surface area contributed by atoms with Crippen molar-refractivity contribution in [2.75, 3.05) is 11.9 Å². The Morgan fingerprint density at radius 1 is 1.11 bits per heavy atom. The van der Waals surface area contributed by atoms with Gasteiger partial charge in [-0.25, -0.2) is 9.78 Å². The first kappa shape index (κ1) is 19.2. The predicted octanol–water partition coefficient (Wildman–Crippen LogP) is 5.95. The molecule has 140 valence electrons. The van der Waals surface area contributed by atoms with Crippen molar-refractivity contribution in [3.8, 4) is 0 Å². The van der Waals surface area contributed by atoms with Gasteiger partial charge in [0.25, 0.3) is 0 Å². The number of hydrogen-bond donors (Lipinski definition) is 1. The van der Waals surface area contributed by atoms with E-state index in [1.807, 2.05) is 62.4 Å². The Kier molecular flexibility index (Phi) is 5.97. The number of hydrogen-bond acceptors (Lipinski definition) is 2. The SMILES string of the molecule is CCCN(Cc1cc2ccccc2nc1Cl)C(=O)Nc1c(C)cccc1C. The maximum absolute atomic E-state index is 12.9. The van der Waals surface area contributed by atoms with Crippen molar-refractivity contribution < 1.29 is 4.79 Å². The molecule has 1 N–H and O–H groups in total. The summed E-state index contributed by atoms with van der Waals surface area (Å²) in [5.41, 5.74) is 4.66. The number of aryl methyl sites for hydroxylation is 2. The van der Waals surface area contributed by atoms with Gasteiger partial charge in [-0.2, -0.15) is 0 Å². The van der Waals surface area contributed by atoms with Crippen LogP contribution in [0.3, 0.4) is 0 Å². The molecule has 2 aromatic carbocycles. The number of rotatable bonds is 5. The minimum absolute atomic E-state index is 0.126. The van der Waals surface area contributed by atoms with E-state index in [-0.39, 0.29) is 6.03 Å². The van der Waals surface area contributed by atoms with Gasteiger partial charge in [-0.3, -0.25) is 0 Å². The van der Waals surface area contributed by atoms with Gasteiger partial charge >= 0.3 is 6.03 Å². The number of nitrogens with one attached hydrogen (secondary N) is 1. The van der Waals surface area contributed by atoms with E-state index >= 15 is 0 Å². The molecule has 0 bridgehead atoms. The van der Waals surface area contributed by atoms with Crippen LogP contribution in [-0.4, -0.2) is 22.5 Å². The van der Waals surface area contributed by atoms with E-state index in [9.17, 15) is 4.79 Å². The molecule has 1 aromatic heterocycles. The summed E-state index contributed by atoms with van der Waals surface area (Å²) in [7, 11) is 0. The second-order valence-electron chi connectivity index (χ2n) is 6.75. The first-order valence-electron chi connectivity index (χ1n) is 9.16. The maximum atomic E-state index is 12.9. The number of carbonyl (C=O) groups excluding carboxylic acids is 1. The Bertz CT molecular complexity index is 951. The highest BCUT2D eigenvalue weighted by atomic mass is 35.5. The molecule has 3 aromatic rings. The standard InChI is InChI=1S/C22H24ClN3O/c1-4-12-26(22(27)25-20-15(2)8-7-9-16(20)3)14-18-13-17-10-5-6-11-19(17)24-21(18)23/h5-11,13H,4,12,14H2,1-3H3,(H,25,27). The number of pyridine rings is 1. The Balaban J connectivity index is 1.85. The number of para-hydroxylation sites is 2. The van der Waals surface area contributed by atoms with Crippen LogP contribution in [0, 0.1) is 13.8 Å². The van der Waals surface area contributed by atoms with E-state index in [0.717, 1.165) is 39.7 Å². The van der Waals surface area contributed by atoms with Crippen LogP contribution in [0.1, 0.15) is 30.0 Å². The van der Waals surface area contributed by atoms with Crippen molar-refractivity contribution in [1.29, 1.82) is 0 Å². The average Bonchev–Trinajstić information content (AvgIpc) is 2.64. The average molecular weight is 382 g/mol. The third-order valence-corrected chi connectivity index (χ3v) is 4.93. The zero-order chi connectivity index (χ0) is 19.4. The van der Waals surface area contributed by atoms with Crippen LogP contribution >= 0.6 is 11.6 Å². The van der Waals surface area contributed by atoms with Crippen molar-refractivity contribution in [2.24, 2.45) is 0 Å². The highest BCUT2D eigenvalue weighted by molar-refractivity contribution is 6.30. The van der Waals surface area contributed by atoms with E-state index in [1.165, 1.54) is 0 Å². The molecule has 0 aliphatic rings. The van der Waals surface area contributed by atoms with Crippen LogP contribution in [0.5, 0.6) is 0 Å². The van der Waals surface area contributed by atoms with Crippen LogP contribution in [0.2, 0.25) is 5.15 Å². The smallest absolute Gasteiger partial charge is 0.320 e. The molecular weight excluding hydrogens is 358 g/mol. The maximum Gasteiger partial charge on any atom is 0.322 e. The molecule has 4 nitrogen and oxygen atoms in total. The molecule has 2 amide bonds. The van der Waals surface area contributed by atoms with Gasteiger partial charge in [0.05, 0.1) is 12.1 Å². The van der Waals surface area contributed by atoms with Crippen molar-refractivity contribution in [3.05, 3.63) is 70.4 Å². The third-order valence-electron chi connectivity index (χ3n) is 4.61. The third kappa shape index (κ3) is 4.40. The molecule has 27 heavy (non-hydrogen) atoms. The second-order valence-corrected chi connectivity index (χ2v) is 7.11. The number of halogens is 1. The monoisotopic (exact) mass is 381 g/mol. The molecule has 3 rings (SSSR count). The molecule has 0 aliphatic heterocycles. The molecule has 0 fully saturated rings. The zero-order valence-corrected chi connectivity index (χ0v) is 16.7. The fourth-order valence-corrected chi connectivity index (χ4v) is 3.38. The van der Waals surface area contributed by atoms with Crippen molar-refractivity contribution in [3.63, 3.8) is 0 Å². The van der Waals surface area contributed by atoms with E-state index in [0.29, 0.717) is 18.2 Å². The van der Waals surface area contributed by atoms with Crippen LogP contribution in [0.4, 0.5) is 10.5 Å². The molecule has 0 spiro atoms. The number of aromatic nitrogens is 1. The Hall–Kier alpha value is -2.59. The number of nitrogens with zero attached hydrogens (tertiary/aromatic N) is 2. The largest absolute Gasteiger partial charge is 0.322 e. The zero-order valence-electron chi connectivity index (χ0n) is 15.9. The summed E-state index contributed by atoms with van der Waals surface area (Å²) in [4.78, 5) is 19.2. The Labute approximate surface area is 165 Å². The molecule has 0 atom stereocenters. The number of amides is 2. The fourth-order valence-electron chi connectivity index (χ4n) is 3.17. The van der Waals surface area contributed by atoms with E-state index in [1.54, 1.807) is 4.90 Å². The summed E-state index contributed by atoms with van der Waals surface area (Å²) < 4.78 is 0. The Morgan fingerprint density at radius 2 is 1.81 bits per heavy atom. The lowest BCUT2D eigenvalue weighted by Gasteiger charge is -2.24. The highest BCUT2D eigenvalue weighted by Gasteiger charge is 2.17. The Morgan fingerprint density at radius 3 is 2.52 bits per heavy atom. The quantitative estimate of drug-likeness (QED) is 0.555. The summed E-state index contributed by atoms with van der Waals surface area (Å²) >= 11 is 6.39. The van der Waals surface area contributed by atoms with Gasteiger partial charge in [-0.05, 0) is 43.5 Å². The van der Waals surface area contributed by atoms with E-state index in [4.69, 9.17) is 11.6 Å². The lowest BCUT2D eigenvalue weighted by Crippen LogP contribution is -2.35. The second kappa shape index (κ2) is 8.40. The molecule has 0 saturated heterocycles. The number of urea groups is 1. The number of carbonyl (C=O) groups is 1. The highest BCUT2D eigenvalue weighted by Crippen LogP contribution is 2.24. The number of fused-ring (bicyclic) bond motifs is 1. The summed E-state index contributed by atoms with van der Waals surface area (Å²) in [6.45, 7) is 7.11. The molecular formula is C22H24ClN3O. The topological polar surface area (TPSA) is 45.2 Å². The van der Waals surface area contributed by atoms with Crippen molar-refractivity contribution >= 4 is 34.2 Å². The van der Waals surface area contributed by atoms with Crippen LogP contribution in [-0.2, 0) is 6.54 Å². The molecule has 0 radical (unpaired) electrons. The molecule has 0 saturated carbocycles. The van der Waals surface area contributed by atoms with Crippen LogP contribution < -0.4 is 5.32 Å². The lowest BCUT2D eigenvalue weighted by atomic mass is 10.1. The van der Waals surface area contributed by atoms with Gasteiger partial charge in [0, 0.05) is 23.2 Å². The normalized spacial score (nSPS) is 10.8. The van der Waals surface area contributed by atoms with Gasteiger partial charge in [-0.15, -0.1) is 0 Å².